The van der Waals surface area contributed by atoms with Gasteiger partial charge in [0.05, 0.1) is 6.54 Å². The second-order valence-corrected chi connectivity index (χ2v) is 7.39. The number of amides is 4. The molecule has 1 heterocycles. The van der Waals surface area contributed by atoms with Crippen LogP contribution in [0, 0.1) is 0 Å². The Kier molecular flexibility index (Phi) is 5.70. The Hall–Kier alpha value is -2.45. The molecular weight excluding hydrogens is 316 g/mol. The molecule has 1 atom stereocenters. The fourth-order valence-electron chi connectivity index (χ4n) is 1.77. The molecule has 0 spiro atoms. The van der Waals surface area contributed by atoms with Gasteiger partial charge in [0.25, 0.3) is 0 Å². The van der Waals surface area contributed by atoms with E-state index >= 15 is 0 Å². The Bertz CT molecular complexity index is 533. The molecule has 0 aliphatic carbocycles. The quantitative estimate of drug-likeness (QED) is 0.621. The van der Waals surface area contributed by atoms with Gasteiger partial charge < -0.3 is 25.4 Å². The predicted molar refractivity (Wildman–Crippen MR) is 87.1 cm³/mol. The molecule has 136 valence electrons. The third-order valence-corrected chi connectivity index (χ3v) is 2.55. The molecule has 4 amide bonds. The number of ether oxygens (including phenoxy) is 2. The molecule has 0 bridgehead atoms. The first-order chi connectivity index (χ1) is 10.8. The van der Waals surface area contributed by atoms with E-state index in [9.17, 15) is 14.4 Å². The van der Waals surface area contributed by atoms with Crippen LogP contribution in [0.3, 0.4) is 0 Å². The third-order valence-electron chi connectivity index (χ3n) is 2.55. The highest BCUT2D eigenvalue weighted by Crippen LogP contribution is 2.11. The number of rotatable bonds is 3. The summed E-state index contributed by atoms with van der Waals surface area (Å²) in [6, 6.07) is -0.528. The summed E-state index contributed by atoms with van der Waals surface area (Å²) < 4.78 is 10.3. The summed E-state index contributed by atoms with van der Waals surface area (Å²) in [6.45, 7) is 10.2. The first kappa shape index (κ1) is 19.6. The van der Waals surface area contributed by atoms with Crippen molar-refractivity contribution in [1.29, 1.82) is 0 Å². The van der Waals surface area contributed by atoms with E-state index in [1.54, 1.807) is 41.5 Å². The molecule has 0 aromatic carbocycles. The largest absolute Gasteiger partial charge is 0.444 e. The van der Waals surface area contributed by atoms with Crippen LogP contribution >= 0.6 is 0 Å². The average molecular weight is 342 g/mol. The van der Waals surface area contributed by atoms with E-state index < -0.39 is 35.1 Å². The van der Waals surface area contributed by atoms with Crippen molar-refractivity contribution >= 4 is 18.2 Å². The number of urea groups is 1. The summed E-state index contributed by atoms with van der Waals surface area (Å²) in [6.07, 6.45) is 1.46. The second-order valence-electron chi connectivity index (χ2n) is 7.39. The lowest BCUT2D eigenvalue weighted by molar-refractivity contribution is 0.0419. The van der Waals surface area contributed by atoms with Gasteiger partial charge in [-0.15, -0.1) is 0 Å². The summed E-state index contributed by atoms with van der Waals surface area (Å²) in [7, 11) is 0. The standard InChI is InChI=1S/C15H26N4O5/c1-13(2,3)23-11(21)17-9-15(7-8-16-10(20)18-15)19-12(22)24-14(4,5)6/h7-8H,9H2,1-6H3,(H,17,21)(H,19,22)(H2,16,18,20). The summed E-state index contributed by atoms with van der Waals surface area (Å²) in [5.41, 5.74) is -2.70. The monoisotopic (exact) mass is 342 g/mol. The number of hydrogen-bond donors (Lipinski definition) is 4. The molecule has 0 fully saturated rings. The van der Waals surface area contributed by atoms with Gasteiger partial charge in [-0.25, -0.2) is 14.4 Å². The number of carbonyl (C=O) groups excluding carboxylic acids is 3. The van der Waals surface area contributed by atoms with Gasteiger partial charge in [0.2, 0.25) is 0 Å². The van der Waals surface area contributed by atoms with Gasteiger partial charge in [0.1, 0.15) is 11.2 Å². The van der Waals surface area contributed by atoms with Crippen molar-refractivity contribution < 1.29 is 23.9 Å². The zero-order valence-corrected chi connectivity index (χ0v) is 14.9. The molecule has 0 aromatic heterocycles. The van der Waals surface area contributed by atoms with Crippen molar-refractivity contribution in [3.63, 3.8) is 0 Å². The first-order valence-corrected chi connectivity index (χ1v) is 7.55. The minimum Gasteiger partial charge on any atom is -0.444 e. The number of hydrogen-bond acceptors (Lipinski definition) is 5. The highest BCUT2D eigenvalue weighted by Gasteiger charge is 2.36. The van der Waals surface area contributed by atoms with Gasteiger partial charge in [-0.3, -0.25) is 5.32 Å². The molecule has 1 aliphatic rings. The van der Waals surface area contributed by atoms with Crippen LogP contribution < -0.4 is 21.3 Å². The van der Waals surface area contributed by atoms with Crippen LogP contribution in [-0.4, -0.2) is 41.6 Å². The average Bonchev–Trinajstić information content (AvgIpc) is 2.31. The molecule has 0 saturated heterocycles. The van der Waals surface area contributed by atoms with Crippen molar-refractivity contribution in [2.45, 2.75) is 58.4 Å². The summed E-state index contributed by atoms with van der Waals surface area (Å²) >= 11 is 0. The summed E-state index contributed by atoms with van der Waals surface area (Å²) in [5, 5.41) is 10.0. The lowest BCUT2D eigenvalue weighted by Crippen LogP contribution is -2.68. The van der Waals surface area contributed by atoms with Crippen LogP contribution in [0.5, 0.6) is 0 Å². The molecule has 0 saturated carbocycles. The zero-order chi connectivity index (χ0) is 18.6. The minimum atomic E-state index is -1.33. The third kappa shape index (κ3) is 7.21. The second kappa shape index (κ2) is 6.98. The Morgan fingerprint density at radius 1 is 1.08 bits per heavy atom. The normalized spacial score (nSPS) is 20.5. The summed E-state index contributed by atoms with van der Waals surface area (Å²) in [4.78, 5) is 35.4. The van der Waals surface area contributed by atoms with Crippen LogP contribution in [0.15, 0.2) is 12.3 Å². The van der Waals surface area contributed by atoms with Crippen LogP contribution in [0.1, 0.15) is 41.5 Å². The molecule has 0 aromatic rings. The van der Waals surface area contributed by atoms with E-state index in [0.717, 1.165) is 0 Å². The van der Waals surface area contributed by atoms with Crippen molar-refractivity contribution in [3.8, 4) is 0 Å². The lowest BCUT2D eigenvalue weighted by Gasteiger charge is -2.35. The fraction of sp³-hybridized carbons (Fsp3) is 0.667. The van der Waals surface area contributed by atoms with Crippen LogP contribution in [0.2, 0.25) is 0 Å². The maximum absolute atomic E-state index is 12.0. The SMILES string of the molecule is CC(C)(C)OC(=O)NCC1(NC(=O)OC(C)(C)C)C=CNC(=O)N1. The van der Waals surface area contributed by atoms with Crippen LogP contribution in [-0.2, 0) is 9.47 Å². The van der Waals surface area contributed by atoms with Gasteiger partial charge in [-0.2, -0.15) is 0 Å². The first-order valence-electron chi connectivity index (χ1n) is 7.55. The topological polar surface area (TPSA) is 118 Å². The summed E-state index contributed by atoms with van der Waals surface area (Å²) in [5.74, 6) is 0. The maximum atomic E-state index is 12.0. The zero-order valence-electron chi connectivity index (χ0n) is 14.9. The van der Waals surface area contributed by atoms with Gasteiger partial charge in [-0.05, 0) is 47.6 Å². The van der Waals surface area contributed by atoms with E-state index in [0.29, 0.717) is 0 Å². The molecule has 4 N–H and O–H groups in total. The van der Waals surface area contributed by atoms with E-state index in [1.807, 2.05) is 0 Å². The smallest absolute Gasteiger partial charge is 0.409 e. The maximum Gasteiger partial charge on any atom is 0.409 e. The Labute approximate surface area is 141 Å². The Morgan fingerprint density at radius 2 is 1.62 bits per heavy atom. The fourth-order valence-corrected chi connectivity index (χ4v) is 1.77. The van der Waals surface area contributed by atoms with Crippen molar-refractivity contribution in [2.24, 2.45) is 0 Å². The van der Waals surface area contributed by atoms with E-state index in [2.05, 4.69) is 21.3 Å². The van der Waals surface area contributed by atoms with Gasteiger partial charge in [0.15, 0.2) is 5.66 Å². The molecular formula is C15H26N4O5. The van der Waals surface area contributed by atoms with Gasteiger partial charge >= 0.3 is 18.2 Å². The molecule has 1 rings (SSSR count). The molecule has 9 nitrogen and oxygen atoms in total. The van der Waals surface area contributed by atoms with E-state index in [4.69, 9.17) is 9.47 Å². The molecule has 1 unspecified atom stereocenters. The van der Waals surface area contributed by atoms with Gasteiger partial charge in [0, 0.05) is 6.20 Å². The lowest BCUT2D eigenvalue weighted by atomic mass is 10.1. The molecule has 0 radical (unpaired) electrons. The van der Waals surface area contributed by atoms with Gasteiger partial charge in [-0.1, -0.05) is 0 Å². The van der Waals surface area contributed by atoms with Crippen molar-refractivity contribution in [2.75, 3.05) is 6.54 Å². The van der Waals surface area contributed by atoms with Crippen molar-refractivity contribution in [1.82, 2.24) is 21.3 Å². The van der Waals surface area contributed by atoms with Crippen LogP contribution in [0.4, 0.5) is 14.4 Å². The molecule has 24 heavy (non-hydrogen) atoms. The molecule has 1 aliphatic heterocycles. The Balaban J connectivity index is 2.79. The van der Waals surface area contributed by atoms with Crippen molar-refractivity contribution in [3.05, 3.63) is 12.3 Å². The number of alkyl carbamates (subject to hydrolysis) is 2. The van der Waals surface area contributed by atoms with E-state index in [-0.39, 0.29) is 6.54 Å². The molecule has 9 heteroatoms. The minimum absolute atomic E-state index is 0.120. The van der Waals surface area contributed by atoms with E-state index in [1.165, 1.54) is 12.3 Å². The number of carbonyl (C=O) groups is 3. The Morgan fingerprint density at radius 3 is 2.12 bits per heavy atom. The highest BCUT2D eigenvalue weighted by molar-refractivity contribution is 5.79. The predicted octanol–water partition coefficient (Wildman–Crippen LogP) is 1.56. The highest BCUT2D eigenvalue weighted by atomic mass is 16.6. The number of nitrogens with one attached hydrogen (secondary N) is 4. The van der Waals surface area contributed by atoms with Crippen LogP contribution in [0.25, 0.3) is 0 Å².